The highest BCUT2D eigenvalue weighted by atomic mass is 32.2. The third-order valence-corrected chi connectivity index (χ3v) is 5.55. The summed E-state index contributed by atoms with van der Waals surface area (Å²) < 4.78 is 56.9. The maximum atomic E-state index is 12.6. The molecule has 9 heteroatoms. The molecule has 0 saturated heterocycles. The van der Waals surface area contributed by atoms with E-state index >= 15 is 0 Å². The quantitative estimate of drug-likeness (QED) is 0.786. The highest BCUT2D eigenvalue weighted by Gasteiger charge is 2.19. The minimum absolute atomic E-state index is 0.0460. The van der Waals surface area contributed by atoms with Crippen molar-refractivity contribution in [3.05, 3.63) is 53.6 Å². The lowest BCUT2D eigenvalue weighted by Crippen LogP contribution is -2.24. The standard InChI is InChI=1S/C18H18F2N2O4S/c19-18(20)26-16-6-2-1-4-13(16)11-21-27(24,25)14-8-9-15-12(10-14)5-3-7-17(23)22-15/h1-2,4,6,8-10,18,21H,3,5,7,11H2,(H,22,23). The summed E-state index contributed by atoms with van der Waals surface area (Å²) in [6, 6.07) is 10.5. The number of anilines is 1. The molecule has 0 radical (unpaired) electrons. The number of carbonyl (C=O) groups is 1. The first-order chi connectivity index (χ1) is 12.8. The largest absolute Gasteiger partial charge is 0.434 e. The zero-order valence-electron chi connectivity index (χ0n) is 14.2. The predicted octanol–water partition coefficient (Wildman–Crippen LogP) is 3.04. The summed E-state index contributed by atoms with van der Waals surface area (Å²) in [5.74, 6) is -0.182. The van der Waals surface area contributed by atoms with Crippen molar-refractivity contribution in [3.63, 3.8) is 0 Å². The third kappa shape index (κ3) is 4.81. The smallest absolute Gasteiger partial charge is 0.387 e. The summed E-state index contributed by atoms with van der Waals surface area (Å²) in [5.41, 5.74) is 1.64. The van der Waals surface area contributed by atoms with Gasteiger partial charge in [-0.25, -0.2) is 13.1 Å². The van der Waals surface area contributed by atoms with Gasteiger partial charge in [-0.05, 0) is 42.7 Å². The first kappa shape index (κ1) is 19.2. The van der Waals surface area contributed by atoms with Crippen molar-refractivity contribution >= 4 is 21.6 Å². The number of amides is 1. The van der Waals surface area contributed by atoms with Gasteiger partial charge in [0.05, 0.1) is 4.90 Å². The highest BCUT2D eigenvalue weighted by molar-refractivity contribution is 7.89. The molecule has 0 aliphatic carbocycles. The van der Waals surface area contributed by atoms with Gasteiger partial charge in [0, 0.05) is 24.2 Å². The van der Waals surface area contributed by atoms with Gasteiger partial charge in [0.1, 0.15) is 5.75 Å². The van der Waals surface area contributed by atoms with E-state index in [9.17, 15) is 22.0 Å². The SMILES string of the molecule is O=C1CCCc2cc(S(=O)(=O)NCc3ccccc3OC(F)F)ccc2N1. The van der Waals surface area contributed by atoms with E-state index in [1.165, 1.54) is 30.3 Å². The normalized spacial score (nSPS) is 14.4. The summed E-state index contributed by atoms with van der Waals surface area (Å²) in [5, 5.41) is 2.74. The molecule has 0 saturated carbocycles. The molecule has 1 heterocycles. The van der Waals surface area contributed by atoms with Gasteiger partial charge in [0.2, 0.25) is 15.9 Å². The van der Waals surface area contributed by atoms with Gasteiger partial charge in [-0.1, -0.05) is 18.2 Å². The van der Waals surface area contributed by atoms with Crippen molar-refractivity contribution < 1.29 is 26.7 Å². The molecule has 2 N–H and O–H groups in total. The van der Waals surface area contributed by atoms with Crippen LogP contribution in [-0.4, -0.2) is 20.9 Å². The molecule has 1 aliphatic heterocycles. The molecule has 0 aromatic heterocycles. The fraction of sp³-hybridized carbons (Fsp3) is 0.278. The number of nitrogens with one attached hydrogen (secondary N) is 2. The molecule has 144 valence electrons. The van der Waals surface area contributed by atoms with E-state index in [-0.39, 0.29) is 23.1 Å². The Morgan fingerprint density at radius 2 is 1.93 bits per heavy atom. The number of halogens is 2. The Bertz CT molecular complexity index is 948. The fourth-order valence-electron chi connectivity index (χ4n) is 2.84. The minimum atomic E-state index is -3.87. The first-order valence-corrected chi connectivity index (χ1v) is 9.78. The number of ether oxygens (including phenoxy) is 1. The average Bonchev–Trinajstić information content (AvgIpc) is 2.80. The Morgan fingerprint density at radius 3 is 2.70 bits per heavy atom. The lowest BCUT2D eigenvalue weighted by Gasteiger charge is -2.13. The van der Waals surface area contributed by atoms with E-state index in [2.05, 4.69) is 14.8 Å². The number of hydrogen-bond acceptors (Lipinski definition) is 4. The molecule has 3 rings (SSSR count). The second kappa shape index (κ2) is 8.01. The number of sulfonamides is 1. The molecular weight excluding hydrogens is 378 g/mol. The van der Waals surface area contributed by atoms with Crippen LogP contribution in [0.2, 0.25) is 0 Å². The third-order valence-electron chi connectivity index (χ3n) is 4.15. The van der Waals surface area contributed by atoms with Crippen LogP contribution in [0.3, 0.4) is 0 Å². The topological polar surface area (TPSA) is 84.5 Å². The number of para-hydroxylation sites is 1. The first-order valence-electron chi connectivity index (χ1n) is 8.30. The van der Waals surface area contributed by atoms with Gasteiger partial charge in [-0.2, -0.15) is 8.78 Å². The van der Waals surface area contributed by atoms with Gasteiger partial charge in [-0.3, -0.25) is 4.79 Å². The molecule has 2 aromatic rings. The molecule has 0 atom stereocenters. The maximum Gasteiger partial charge on any atom is 0.387 e. The van der Waals surface area contributed by atoms with Crippen molar-refractivity contribution in [1.82, 2.24) is 4.72 Å². The van der Waals surface area contributed by atoms with Crippen LogP contribution in [0.1, 0.15) is 24.0 Å². The molecule has 1 amide bonds. The zero-order chi connectivity index (χ0) is 19.4. The van der Waals surface area contributed by atoms with Crippen molar-refractivity contribution in [2.24, 2.45) is 0 Å². The highest BCUT2D eigenvalue weighted by Crippen LogP contribution is 2.26. The number of rotatable bonds is 6. The van der Waals surface area contributed by atoms with Gasteiger partial charge in [0.25, 0.3) is 0 Å². The van der Waals surface area contributed by atoms with Crippen LogP contribution in [-0.2, 0) is 27.8 Å². The molecular formula is C18H18F2N2O4S. The molecule has 0 fully saturated rings. The van der Waals surface area contributed by atoms with Crippen molar-refractivity contribution in [1.29, 1.82) is 0 Å². The minimum Gasteiger partial charge on any atom is -0.434 e. The number of hydrogen-bond donors (Lipinski definition) is 2. The van der Waals surface area contributed by atoms with Crippen molar-refractivity contribution in [2.45, 2.75) is 37.3 Å². The second-order valence-corrected chi connectivity index (χ2v) is 7.80. The van der Waals surface area contributed by atoms with E-state index in [0.717, 1.165) is 5.56 Å². The van der Waals surface area contributed by atoms with Gasteiger partial charge >= 0.3 is 6.61 Å². The van der Waals surface area contributed by atoms with Gasteiger partial charge < -0.3 is 10.1 Å². The van der Waals surface area contributed by atoms with Crippen LogP contribution in [0.5, 0.6) is 5.75 Å². The van der Waals surface area contributed by atoms with E-state index in [0.29, 0.717) is 30.5 Å². The molecule has 6 nitrogen and oxygen atoms in total. The van der Waals surface area contributed by atoms with Crippen LogP contribution in [0.4, 0.5) is 14.5 Å². The van der Waals surface area contributed by atoms with E-state index in [1.807, 2.05) is 0 Å². The molecule has 1 aliphatic rings. The monoisotopic (exact) mass is 396 g/mol. The van der Waals surface area contributed by atoms with Crippen LogP contribution in [0.25, 0.3) is 0 Å². The molecule has 0 unspecified atom stereocenters. The Kier molecular flexibility index (Phi) is 5.71. The molecule has 27 heavy (non-hydrogen) atoms. The number of carbonyl (C=O) groups excluding carboxylic acids is 1. The fourth-order valence-corrected chi connectivity index (χ4v) is 3.89. The summed E-state index contributed by atoms with van der Waals surface area (Å²) >= 11 is 0. The Morgan fingerprint density at radius 1 is 1.15 bits per heavy atom. The summed E-state index contributed by atoms with van der Waals surface area (Å²) in [7, 11) is -3.87. The maximum absolute atomic E-state index is 12.6. The van der Waals surface area contributed by atoms with E-state index in [1.54, 1.807) is 12.1 Å². The van der Waals surface area contributed by atoms with E-state index in [4.69, 9.17) is 0 Å². The summed E-state index contributed by atoms with van der Waals surface area (Å²) in [4.78, 5) is 11.6. The van der Waals surface area contributed by atoms with Crippen molar-refractivity contribution in [3.8, 4) is 5.75 Å². The lowest BCUT2D eigenvalue weighted by molar-refractivity contribution is -0.116. The molecule has 0 bridgehead atoms. The number of alkyl halides is 2. The zero-order valence-corrected chi connectivity index (χ0v) is 15.1. The Labute approximate surface area is 155 Å². The average molecular weight is 396 g/mol. The lowest BCUT2D eigenvalue weighted by atomic mass is 10.1. The number of aryl methyl sites for hydroxylation is 1. The number of fused-ring (bicyclic) bond motifs is 1. The summed E-state index contributed by atoms with van der Waals surface area (Å²) in [6.07, 6.45) is 1.60. The van der Waals surface area contributed by atoms with Gasteiger partial charge in [0.15, 0.2) is 0 Å². The van der Waals surface area contributed by atoms with Crippen LogP contribution in [0, 0.1) is 0 Å². The second-order valence-electron chi connectivity index (χ2n) is 6.03. The van der Waals surface area contributed by atoms with Crippen molar-refractivity contribution in [2.75, 3.05) is 5.32 Å². The Hall–Kier alpha value is -2.52. The Balaban J connectivity index is 1.78. The number of benzene rings is 2. The molecule has 0 spiro atoms. The molecule has 2 aromatic carbocycles. The van der Waals surface area contributed by atoms with Crippen LogP contribution >= 0.6 is 0 Å². The predicted molar refractivity (Wildman–Crippen MR) is 95.1 cm³/mol. The summed E-state index contributed by atoms with van der Waals surface area (Å²) in [6.45, 7) is -3.19. The van der Waals surface area contributed by atoms with E-state index < -0.39 is 16.6 Å². The van der Waals surface area contributed by atoms with Gasteiger partial charge in [-0.15, -0.1) is 0 Å². The van der Waals surface area contributed by atoms with Crippen LogP contribution < -0.4 is 14.8 Å². The van der Waals surface area contributed by atoms with Crippen LogP contribution in [0.15, 0.2) is 47.4 Å².